The van der Waals surface area contributed by atoms with Gasteiger partial charge in [0.15, 0.2) is 0 Å². The van der Waals surface area contributed by atoms with Crippen LogP contribution in [0.15, 0.2) is 0 Å². The molecule has 0 amide bonds. The van der Waals surface area contributed by atoms with Gasteiger partial charge in [0.05, 0.1) is 0 Å². The highest BCUT2D eigenvalue weighted by Crippen LogP contribution is 2.33. The Labute approximate surface area is 90.4 Å². The first kappa shape index (κ1) is 11.5. The van der Waals surface area contributed by atoms with Crippen LogP contribution in [0.5, 0.6) is 0 Å². The monoisotopic (exact) mass is 248 g/mol. The average molecular weight is 249 g/mol. The van der Waals surface area contributed by atoms with E-state index in [0.717, 1.165) is 10.7 Å². The first-order valence-corrected chi connectivity index (χ1v) is 5.97. The molecular formula is C10H21BrN2. The van der Waals surface area contributed by atoms with Crippen LogP contribution in [-0.2, 0) is 0 Å². The summed E-state index contributed by atoms with van der Waals surface area (Å²) in [6.07, 6.45) is 2.73. The summed E-state index contributed by atoms with van der Waals surface area (Å²) in [4.78, 5) is 5.49. The van der Waals surface area contributed by atoms with Crippen LogP contribution in [0.1, 0.15) is 12.8 Å². The molecule has 78 valence electrons. The van der Waals surface area contributed by atoms with Crippen LogP contribution < -0.4 is 0 Å². The van der Waals surface area contributed by atoms with Crippen molar-refractivity contribution in [3.63, 3.8) is 0 Å². The number of rotatable bonds is 5. The maximum Gasteiger partial charge on any atom is 0.0152 e. The fourth-order valence-corrected chi connectivity index (χ4v) is 2.76. The minimum absolute atomic E-state index is 0.805. The highest BCUT2D eigenvalue weighted by molar-refractivity contribution is 9.09. The van der Waals surface area contributed by atoms with Crippen molar-refractivity contribution in [1.82, 2.24) is 9.80 Å². The molecule has 0 radical (unpaired) electrons. The van der Waals surface area contributed by atoms with Gasteiger partial charge in [-0.2, -0.15) is 0 Å². The van der Waals surface area contributed by atoms with Gasteiger partial charge in [0.2, 0.25) is 0 Å². The Morgan fingerprint density at radius 3 is 2.23 bits per heavy atom. The Balaban J connectivity index is 2.01. The lowest BCUT2D eigenvalue weighted by Gasteiger charge is -2.34. The number of likely N-dealkylation sites (N-methyl/N-ethyl adjacent to an activating group) is 2. The van der Waals surface area contributed by atoms with E-state index < -0.39 is 0 Å². The highest BCUT2D eigenvalue weighted by Gasteiger charge is 2.27. The summed E-state index contributed by atoms with van der Waals surface area (Å²) >= 11 is 3.63. The molecule has 0 aromatic carbocycles. The quantitative estimate of drug-likeness (QED) is 0.684. The van der Waals surface area contributed by atoms with Crippen molar-refractivity contribution < 1.29 is 0 Å². The third kappa shape index (κ3) is 4.43. The van der Waals surface area contributed by atoms with Crippen LogP contribution in [-0.4, -0.2) is 55.4 Å². The van der Waals surface area contributed by atoms with Gasteiger partial charge in [0, 0.05) is 24.5 Å². The second kappa shape index (κ2) is 5.32. The maximum atomic E-state index is 3.63. The van der Waals surface area contributed by atoms with Crippen LogP contribution in [0.3, 0.4) is 0 Å². The zero-order valence-corrected chi connectivity index (χ0v) is 10.5. The van der Waals surface area contributed by atoms with Crippen molar-refractivity contribution in [2.24, 2.45) is 5.92 Å². The molecule has 1 aliphatic rings. The minimum atomic E-state index is 0.805. The van der Waals surface area contributed by atoms with Gasteiger partial charge in [-0.25, -0.2) is 0 Å². The van der Waals surface area contributed by atoms with Crippen LogP contribution in [0.25, 0.3) is 0 Å². The molecular weight excluding hydrogens is 228 g/mol. The highest BCUT2D eigenvalue weighted by atomic mass is 79.9. The first-order chi connectivity index (χ1) is 6.08. The zero-order chi connectivity index (χ0) is 9.84. The van der Waals surface area contributed by atoms with Gasteiger partial charge >= 0.3 is 0 Å². The summed E-state index contributed by atoms with van der Waals surface area (Å²) < 4.78 is 0. The second-order valence-electron chi connectivity index (χ2n) is 4.50. The third-order valence-corrected chi connectivity index (χ3v) is 3.42. The summed E-state index contributed by atoms with van der Waals surface area (Å²) in [5.41, 5.74) is 0. The van der Waals surface area contributed by atoms with Crippen LogP contribution in [0.2, 0.25) is 0 Å². The fourth-order valence-electron chi connectivity index (χ4n) is 1.71. The Morgan fingerprint density at radius 2 is 1.77 bits per heavy atom. The molecule has 0 atom stereocenters. The van der Waals surface area contributed by atoms with Gasteiger partial charge in [0.1, 0.15) is 0 Å². The molecule has 13 heavy (non-hydrogen) atoms. The Bertz CT molecular complexity index is 144. The van der Waals surface area contributed by atoms with Crippen molar-refractivity contribution in [1.29, 1.82) is 0 Å². The van der Waals surface area contributed by atoms with E-state index in [-0.39, 0.29) is 0 Å². The normalized spacial score (nSPS) is 28.2. The second-order valence-corrected chi connectivity index (χ2v) is 5.80. The minimum Gasteiger partial charge on any atom is -0.308 e. The van der Waals surface area contributed by atoms with E-state index >= 15 is 0 Å². The van der Waals surface area contributed by atoms with Crippen molar-refractivity contribution in [3.05, 3.63) is 0 Å². The number of halogens is 1. The fraction of sp³-hybridized carbons (Fsp3) is 1.00. The van der Waals surface area contributed by atoms with E-state index in [0.29, 0.717) is 0 Å². The largest absolute Gasteiger partial charge is 0.308 e. The van der Waals surface area contributed by atoms with Gasteiger partial charge in [-0.05, 0) is 39.9 Å². The van der Waals surface area contributed by atoms with Crippen molar-refractivity contribution in [2.75, 3.05) is 40.8 Å². The molecule has 0 spiro atoms. The standard InChI is InChI=1S/C10H21BrN2/c1-12(2)4-5-13(3)8-9-6-10(11)7-9/h9-10H,4-8H2,1-3H3. The summed E-state index contributed by atoms with van der Waals surface area (Å²) in [5, 5.41) is 0. The molecule has 0 aliphatic heterocycles. The average Bonchev–Trinajstić information content (AvgIpc) is 1.98. The molecule has 1 rings (SSSR count). The van der Waals surface area contributed by atoms with Gasteiger partial charge in [0.25, 0.3) is 0 Å². The van der Waals surface area contributed by atoms with Crippen LogP contribution >= 0.6 is 15.9 Å². The molecule has 0 heterocycles. The molecule has 3 heteroatoms. The molecule has 2 nitrogen and oxygen atoms in total. The van der Waals surface area contributed by atoms with Crippen molar-refractivity contribution in [2.45, 2.75) is 17.7 Å². The van der Waals surface area contributed by atoms with E-state index in [4.69, 9.17) is 0 Å². The number of hydrogen-bond donors (Lipinski definition) is 0. The van der Waals surface area contributed by atoms with Crippen molar-refractivity contribution >= 4 is 15.9 Å². The predicted octanol–water partition coefficient (Wildman–Crippen LogP) is 1.65. The number of alkyl halides is 1. The Kier molecular flexibility index (Phi) is 4.70. The van der Waals surface area contributed by atoms with Crippen molar-refractivity contribution in [3.8, 4) is 0 Å². The lowest BCUT2D eigenvalue weighted by atomic mass is 9.85. The van der Waals surface area contributed by atoms with Gasteiger partial charge < -0.3 is 9.80 Å². The molecule has 0 unspecified atom stereocenters. The van der Waals surface area contributed by atoms with E-state index in [1.54, 1.807) is 0 Å². The van der Waals surface area contributed by atoms with Gasteiger partial charge in [-0.1, -0.05) is 15.9 Å². The van der Waals surface area contributed by atoms with Crippen LogP contribution in [0, 0.1) is 5.92 Å². The molecule has 0 aromatic rings. The molecule has 0 saturated heterocycles. The molecule has 0 aromatic heterocycles. The van der Waals surface area contributed by atoms with E-state index in [2.05, 4.69) is 46.9 Å². The summed E-state index contributed by atoms with van der Waals surface area (Å²) in [7, 11) is 6.49. The summed E-state index contributed by atoms with van der Waals surface area (Å²) in [6, 6.07) is 0. The smallest absolute Gasteiger partial charge is 0.0152 e. The number of hydrogen-bond acceptors (Lipinski definition) is 2. The lowest BCUT2D eigenvalue weighted by molar-refractivity contribution is 0.199. The van der Waals surface area contributed by atoms with Crippen LogP contribution in [0.4, 0.5) is 0 Å². The van der Waals surface area contributed by atoms with Gasteiger partial charge in [-0.15, -0.1) is 0 Å². The summed E-state index contributed by atoms with van der Waals surface area (Å²) in [5.74, 6) is 0.941. The molecule has 0 bridgehead atoms. The molecule has 1 fully saturated rings. The summed E-state index contributed by atoms with van der Waals surface area (Å²) in [6.45, 7) is 3.63. The van der Waals surface area contributed by atoms with E-state index in [1.807, 2.05) is 0 Å². The molecule has 1 aliphatic carbocycles. The first-order valence-electron chi connectivity index (χ1n) is 5.05. The molecule has 0 N–H and O–H groups in total. The van der Waals surface area contributed by atoms with E-state index in [9.17, 15) is 0 Å². The third-order valence-electron chi connectivity index (χ3n) is 2.68. The zero-order valence-electron chi connectivity index (χ0n) is 8.96. The Hall–Kier alpha value is 0.400. The maximum absolute atomic E-state index is 3.63. The number of nitrogens with zero attached hydrogens (tertiary/aromatic N) is 2. The molecule has 1 saturated carbocycles. The van der Waals surface area contributed by atoms with Gasteiger partial charge in [-0.3, -0.25) is 0 Å². The van der Waals surface area contributed by atoms with E-state index in [1.165, 1.54) is 32.5 Å². The topological polar surface area (TPSA) is 6.48 Å². The predicted molar refractivity (Wildman–Crippen MR) is 61.5 cm³/mol. The lowest BCUT2D eigenvalue weighted by Crippen LogP contribution is -2.37. The Morgan fingerprint density at radius 1 is 1.15 bits per heavy atom. The SMILES string of the molecule is CN(C)CCN(C)CC1CC(Br)C1.